The number of carbonyl (C=O) groups excluding carboxylic acids is 1. The molecule has 0 saturated carbocycles. The van der Waals surface area contributed by atoms with E-state index in [9.17, 15) is 4.79 Å². The molecule has 0 aromatic rings. The number of hydrogen-bond donors (Lipinski definition) is 2. The summed E-state index contributed by atoms with van der Waals surface area (Å²) >= 11 is 0. The molecule has 0 aromatic carbocycles. The molecule has 0 bridgehead atoms. The zero-order valence-corrected chi connectivity index (χ0v) is 9.00. The van der Waals surface area contributed by atoms with Crippen LogP contribution in [0.3, 0.4) is 0 Å². The predicted molar refractivity (Wildman–Crippen MR) is 53.4 cm³/mol. The fourth-order valence-electron chi connectivity index (χ4n) is 0.833. The van der Waals surface area contributed by atoms with Crippen LogP contribution in [-0.2, 0) is 4.79 Å². The first-order valence-electron chi connectivity index (χ1n) is 4.91. The highest BCUT2D eigenvalue weighted by Gasteiger charge is 2.10. The van der Waals surface area contributed by atoms with Gasteiger partial charge in [-0.25, -0.2) is 0 Å². The van der Waals surface area contributed by atoms with Crippen LogP contribution >= 0.6 is 0 Å². The van der Waals surface area contributed by atoms with Gasteiger partial charge in [0.2, 0.25) is 5.91 Å². The van der Waals surface area contributed by atoms with E-state index in [1.165, 1.54) is 0 Å². The van der Waals surface area contributed by atoms with Gasteiger partial charge in [-0.3, -0.25) is 4.79 Å². The molecule has 0 radical (unpaired) electrons. The molecule has 13 heavy (non-hydrogen) atoms. The van der Waals surface area contributed by atoms with Gasteiger partial charge in [-0.05, 0) is 26.2 Å². The Hall–Kier alpha value is -0.570. The Labute approximate surface area is 80.5 Å². The van der Waals surface area contributed by atoms with Crippen molar-refractivity contribution in [3.05, 3.63) is 0 Å². The van der Waals surface area contributed by atoms with Gasteiger partial charge in [-0.15, -0.1) is 0 Å². The average molecular weight is 187 g/mol. The SMILES string of the molecule is CC(O)CCC(=O)NC(C)C(C)C. The zero-order chi connectivity index (χ0) is 10.4. The van der Waals surface area contributed by atoms with Gasteiger partial charge in [-0.2, -0.15) is 0 Å². The zero-order valence-electron chi connectivity index (χ0n) is 9.00. The van der Waals surface area contributed by atoms with E-state index in [1.807, 2.05) is 6.92 Å². The van der Waals surface area contributed by atoms with E-state index >= 15 is 0 Å². The lowest BCUT2D eigenvalue weighted by molar-refractivity contribution is -0.122. The second kappa shape index (κ2) is 5.97. The molecule has 0 spiro atoms. The first-order chi connectivity index (χ1) is 5.93. The molecule has 0 aliphatic heterocycles. The molecule has 78 valence electrons. The van der Waals surface area contributed by atoms with Gasteiger partial charge in [0.15, 0.2) is 0 Å². The predicted octanol–water partition coefficient (Wildman–Crippen LogP) is 1.31. The first kappa shape index (κ1) is 12.4. The topological polar surface area (TPSA) is 49.3 Å². The minimum absolute atomic E-state index is 0.0297. The van der Waals surface area contributed by atoms with Crippen LogP contribution in [-0.4, -0.2) is 23.2 Å². The van der Waals surface area contributed by atoms with Crippen LogP contribution in [0, 0.1) is 5.92 Å². The molecule has 1 amide bonds. The summed E-state index contributed by atoms with van der Waals surface area (Å²) in [4.78, 5) is 11.2. The van der Waals surface area contributed by atoms with Crippen LogP contribution in [0.5, 0.6) is 0 Å². The molecule has 2 N–H and O–H groups in total. The van der Waals surface area contributed by atoms with Crippen molar-refractivity contribution in [2.24, 2.45) is 5.92 Å². The fourth-order valence-corrected chi connectivity index (χ4v) is 0.833. The van der Waals surface area contributed by atoms with E-state index in [1.54, 1.807) is 6.92 Å². The van der Waals surface area contributed by atoms with Crippen molar-refractivity contribution in [1.29, 1.82) is 0 Å². The van der Waals surface area contributed by atoms with E-state index in [0.29, 0.717) is 18.8 Å². The summed E-state index contributed by atoms with van der Waals surface area (Å²) in [6.45, 7) is 7.82. The molecule has 0 saturated heterocycles. The van der Waals surface area contributed by atoms with Crippen molar-refractivity contribution in [3.63, 3.8) is 0 Å². The lowest BCUT2D eigenvalue weighted by Crippen LogP contribution is -2.36. The molecule has 2 unspecified atom stereocenters. The molecule has 3 heteroatoms. The monoisotopic (exact) mass is 187 g/mol. The summed E-state index contributed by atoms with van der Waals surface area (Å²) in [7, 11) is 0. The van der Waals surface area contributed by atoms with Crippen molar-refractivity contribution >= 4 is 5.91 Å². The summed E-state index contributed by atoms with van der Waals surface area (Å²) in [6.07, 6.45) is 0.561. The maximum Gasteiger partial charge on any atom is 0.220 e. The normalized spacial score (nSPS) is 15.5. The maximum atomic E-state index is 11.2. The van der Waals surface area contributed by atoms with Crippen molar-refractivity contribution in [3.8, 4) is 0 Å². The molecule has 0 rings (SSSR count). The molecule has 0 fully saturated rings. The van der Waals surface area contributed by atoms with Crippen molar-refractivity contribution < 1.29 is 9.90 Å². The Kier molecular flexibility index (Phi) is 5.71. The number of aliphatic hydroxyl groups is 1. The van der Waals surface area contributed by atoms with Gasteiger partial charge in [0, 0.05) is 12.5 Å². The lowest BCUT2D eigenvalue weighted by Gasteiger charge is -2.17. The quantitative estimate of drug-likeness (QED) is 0.681. The molecular formula is C10H21NO2. The van der Waals surface area contributed by atoms with Crippen LogP contribution in [0.4, 0.5) is 0 Å². The van der Waals surface area contributed by atoms with Gasteiger partial charge in [-0.1, -0.05) is 13.8 Å². The van der Waals surface area contributed by atoms with Gasteiger partial charge in [0.25, 0.3) is 0 Å². The maximum absolute atomic E-state index is 11.2. The molecule has 0 aromatic heterocycles. The summed E-state index contributed by atoms with van der Waals surface area (Å²) in [5.41, 5.74) is 0. The largest absolute Gasteiger partial charge is 0.393 e. The third-order valence-corrected chi connectivity index (χ3v) is 2.18. The molecule has 0 aliphatic rings. The Morgan fingerprint density at radius 1 is 1.31 bits per heavy atom. The number of amides is 1. The second-order valence-corrected chi connectivity index (χ2v) is 3.99. The Bertz CT molecular complexity index is 155. The Morgan fingerprint density at radius 2 is 1.85 bits per heavy atom. The summed E-state index contributed by atoms with van der Waals surface area (Å²) in [6, 6.07) is 0.210. The van der Waals surface area contributed by atoms with E-state index in [-0.39, 0.29) is 18.1 Å². The standard InChI is InChI=1S/C10H21NO2/c1-7(2)9(4)11-10(13)6-5-8(3)12/h7-9,12H,5-6H2,1-4H3,(H,11,13). The number of aliphatic hydroxyl groups excluding tert-OH is 1. The van der Waals surface area contributed by atoms with Gasteiger partial charge in [0.1, 0.15) is 0 Å². The highest BCUT2D eigenvalue weighted by molar-refractivity contribution is 5.76. The van der Waals surface area contributed by atoms with Crippen LogP contribution in [0.2, 0.25) is 0 Å². The Balaban J connectivity index is 3.62. The number of nitrogens with one attached hydrogen (secondary N) is 1. The first-order valence-corrected chi connectivity index (χ1v) is 4.91. The third kappa shape index (κ3) is 6.58. The van der Waals surface area contributed by atoms with E-state index in [0.717, 1.165) is 0 Å². The lowest BCUT2D eigenvalue weighted by atomic mass is 10.1. The van der Waals surface area contributed by atoms with Crippen molar-refractivity contribution in [2.45, 2.75) is 52.7 Å². The molecule has 3 nitrogen and oxygen atoms in total. The third-order valence-electron chi connectivity index (χ3n) is 2.18. The number of hydrogen-bond acceptors (Lipinski definition) is 2. The van der Waals surface area contributed by atoms with Gasteiger partial charge >= 0.3 is 0 Å². The van der Waals surface area contributed by atoms with E-state index in [2.05, 4.69) is 19.2 Å². The van der Waals surface area contributed by atoms with Crippen molar-refractivity contribution in [2.75, 3.05) is 0 Å². The minimum atomic E-state index is -0.389. The van der Waals surface area contributed by atoms with E-state index < -0.39 is 0 Å². The van der Waals surface area contributed by atoms with Crippen LogP contribution in [0.25, 0.3) is 0 Å². The second-order valence-electron chi connectivity index (χ2n) is 3.99. The smallest absolute Gasteiger partial charge is 0.220 e. The highest BCUT2D eigenvalue weighted by atomic mass is 16.3. The van der Waals surface area contributed by atoms with Crippen LogP contribution in [0.15, 0.2) is 0 Å². The van der Waals surface area contributed by atoms with Crippen molar-refractivity contribution in [1.82, 2.24) is 5.32 Å². The summed E-state index contributed by atoms with van der Waals surface area (Å²) in [5.74, 6) is 0.484. The fraction of sp³-hybridized carbons (Fsp3) is 0.900. The summed E-state index contributed by atoms with van der Waals surface area (Å²) in [5, 5.41) is 11.8. The Morgan fingerprint density at radius 3 is 2.23 bits per heavy atom. The molecular weight excluding hydrogens is 166 g/mol. The summed E-state index contributed by atoms with van der Waals surface area (Å²) < 4.78 is 0. The highest BCUT2D eigenvalue weighted by Crippen LogP contribution is 2.01. The number of rotatable bonds is 5. The molecule has 2 atom stereocenters. The number of carbonyl (C=O) groups is 1. The molecule has 0 aliphatic carbocycles. The van der Waals surface area contributed by atoms with E-state index in [4.69, 9.17) is 5.11 Å². The average Bonchev–Trinajstić information content (AvgIpc) is 2.00. The molecule has 0 heterocycles. The van der Waals surface area contributed by atoms with Gasteiger partial charge in [0.05, 0.1) is 6.10 Å². The minimum Gasteiger partial charge on any atom is -0.393 e. The van der Waals surface area contributed by atoms with Crippen LogP contribution < -0.4 is 5.32 Å². The van der Waals surface area contributed by atoms with Crippen LogP contribution in [0.1, 0.15) is 40.5 Å². The van der Waals surface area contributed by atoms with Gasteiger partial charge < -0.3 is 10.4 Å².